The predicted octanol–water partition coefficient (Wildman–Crippen LogP) is 3.06. The summed E-state index contributed by atoms with van der Waals surface area (Å²) in [7, 11) is 0.904. The molecular formula is C22H28N2O4S. The molecular weight excluding hydrogens is 388 g/mol. The van der Waals surface area contributed by atoms with Crippen LogP contribution in [0.1, 0.15) is 23.2 Å². The van der Waals surface area contributed by atoms with Gasteiger partial charge in [0.25, 0.3) is 5.91 Å². The number of hydrogen-bond acceptors (Lipinski definition) is 5. The first-order chi connectivity index (χ1) is 13.8. The van der Waals surface area contributed by atoms with Gasteiger partial charge in [-0.2, -0.15) is 0 Å². The topological polar surface area (TPSA) is 66.9 Å². The summed E-state index contributed by atoms with van der Waals surface area (Å²) in [6, 6.07) is 16.2. The van der Waals surface area contributed by atoms with Crippen molar-refractivity contribution in [3.8, 4) is 11.5 Å². The third-order valence-corrected chi connectivity index (χ3v) is 6.74. The zero-order valence-electron chi connectivity index (χ0n) is 17.0. The van der Waals surface area contributed by atoms with Gasteiger partial charge in [0.15, 0.2) is 9.84 Å². The van der Waals surface area contributed by atoms with Crippen molar-refractivity contribution >= 4 is 15.7 Å². The Hall–Kier alpha value is -2.38. The number of amides is 1. The Kier molecular flexibility index (Phi) is 6.92. The van der Waals surface area contributed by atoms with Crippen LogP contribution < -0.4 is 4.74 Å². The Morgan fingerprint density at radius 2 is 1.66 bits per heavy atom. The molecule has 7 heteroatoms. The summed E-state index contributed by atoms with van der Waals surface area (Å²) in [6.07, 6.45) is 1.30. The second kappa shape index (κ2) is 9.41. The molecule has 0 bridgehead atoms. The first kappa shape index (κ1) is 21.3. The molecule has 1 atom stereocenters. The second-order valence-electron chi connectivity index (χ2n) is 7.65. The van der Waals surface area contributed by atoms with E-state index in [2.05, 4.69) is 4.90 Å². The van der Waals surface area contributed by atoms with Gasteiger partial charge in [0.1, 0.15) is 11.5 Å². The molecule has 3 rings (SSSR count). The van der Waals surface area contributed by atoms with E-state index in [0.717, 1.165) is 18.7 Å². The Morgan fingerprint density at radius 1 is 1.00 bits per heavy atom. The molecule has 1 unspecified atom stereocenters. The van der Waals surface area contributed by atoms with Crippen molar-refractivity contribution in [1.82, 2.24) is 9.80 Å². The fraction of sp³-hybridized carbons (Fsp3) is 0.409. The maximum atomic E-state index is 13.2. The van der Waals surface area contributed by atoms with Crippen LogP contribution in [0.5, 0.6) is 11.5 Å². The van der Waals surface area contributed by atoms with Crippen LogP contribution in [0.3, 0.4) is 0 Å². The second-order valence-corrected chi connectivity index (χ2v) is 9.88. The van der Waals surface area contributed by atoms with E-state index in [1.54, 1.807) is 29.2 Å². The van der Waals surface area contributed by atoms with Crippen LogP contribution >= 0.6 is 0 Å². The minimum atomic E-state index is -3.06. The van der Waals surface area contributed by atoms with Gasteiger partial charge >= 0.3 is 0 Å². The van der Waals surface area contributed by atoms with Crippen LogP contribution in [-0.2, 0) is 9.84 Å². The van der Waals surface area contributed by atoms with Gasteiger partial charge in [0.05, 0.1) is 11.5 Å². The molecule has 0 aromatic heterocycles. The Morgan fingerprint density at radius 3 is 2.24 bits per heavy atom. The lowest BCUT2D eigenvalue weighted by Crippen LogP contribution is -2.42. The average Bonchev–Trinajstić information content (AvgIpc) is 3.05. The van der Waals surface area contributed by atoms with E-state index in [9.17, 15) is 13.2 Å². The van der Waals surface area contributed by atoms with E-state index in [-0.39, 0.29) is 23.5 Å². The van der Waals surface area contributed by atoms with Gasteiger partial charge in [-0.3, -0.25) is 4.79 Å². The molecule has 6 nitrogen and oxygen atoms in total. The van der Waals surface area contributed by atoms with E-state index in [0.29, 0.717) is 24.3 Å². The molecule has 29 heavy (non-hydrogen) atoms. The van der Waals surface area contributed by atoms with Crippen LogP contribution in [-0.4, -0.2) is 68.9 Å². The van der Waals surface area contributed by atoms with Gasteiger partial charge < -0.3 is 14.5 Å². The van der Waals surface area contributed by atoms with Crippen molar-refractivity contribution in [3.05, 3.63) is 60.2 Å². The largest absolute Gasteiger partial charge is 0.457 e. The molecule has 0 aliphatic carbocycles. The predicted molar refractivity (Wildman–Crippen MR) is 114 cm³/mol. The van der Waals surface area contributed by atoms with Crippen molar-refractivity contribution in [2.45, 2.75) is 18.9 Å². The van der Waals surface area contributed by atoms with Crippen molar-refractivity contribution < 1.29 is 17.9 Å². The van der Waals surface area contributed by atoms with E-state index >= 15 is 0 Å². The van der Waals surface area contributed by atoms with Gasteiger partial charge in [0, 0.05) is 18.2 Å². The van der Waals surface area contributed by atoms with Crippen molar-refractivity contribution in [2.75, 3.05) is 38.7 Å². The van der Waals surface area contributed by atoms with Crippen LogP contribution in [0, 0.1) is 0 Å². The van der Waals surface area contributed by atoms with Gasteiger partial charge in [-0.25, -0.2) is 8.42 Å². The molecule has 1 amide bonds. The smallest absolute Gasteiger partial charge is 0.254 e. The minimum absolute atomic E-state index is 0.0515. The highest BCUT2D eigenvalue weighted by molar-refractivity contribution is 7.91. The number of benzene rings is 2. The van der Waals surface area contributed by atoms with Crippen LogP contribution in [0.15, 0.2) is 54.6 Å². The molecule has 1 fully saturated rings. The lowest BCUT2D eigenvalue weighted by Gasteiger charge is -2.29. The number of rotatable bonds is 8. The number of carbonyl (C=O) groups excluding carboxylic acids is 1. The van der Waals surface area contributed by atoms with Gasteiger partial charge in [0.2, 0.25) is 0 Å². The Bertz CT molecular complexity index is 912. The number of carbonyl (C=O) groups is 1. The summed E-state index contributed by atoms with van der Waals surface area (Å²) in [5, 5.41) is 0. The van der Waals surface area contributed by atoms with Crippen LogP contribution in [0.2, 0.25) is 0 Å². The molecule has 2 aromatic carbocycles. The molecule has 0 saturated carbocycles. The lowest BCUT2D eigenvalue weighted by molar-refractivity contribution is 0.0690. The standard InChI is InChI=1S/C22H28N2O4S/c1-23(2)14-6-15-24(19-13-16-29(26,27)17-19)22(25)18-9-11-21(12-10-18)28-20-7-4-3-5-8-20/h3-5,7-12,19H,6,13-17H2,1-2H3. The summed E-state index contributed by atoms with van der Waals surface area (Å²) in [5.41, 5.74) is 0.541. The van der Waals surface area contributed by atoms with Crippen molar-refractivity contribution in [1.29, 1.82) is 0 Å². The SMILES string of the molecule is CN(C)CCCN(C(=O)c1ccc(Oc2ccccc2)cc1)C1CCS(=O)(=O)C1. The molecule has 1 aliphatic heterocycles. The lowest BCUT2D eigenvalue weighted by atomic mass is 10.1. The quantitative estimate of drug-likeness (QED) is 0.662. The van der Waals surface area contributed by atoms with E-state index < -0.39 is 9.84 Å². The number of para-hydroxylation sites is 1. The van der Waals surface area contributed by atoms with E-state index in [4.69, 9.17) is 4.74 Å². The number of ether oxygens (including phenoxy) is 1. The number of sulfone groups is 1. The molecule has 0 radical (unpaired) electrons. The molecule has 0 N–H and O–H groups in total. The normalized spacial score (nSPS) is 18.0. The first-order valence-corrected chi connectivity index (χ1v) is 11.7. The van der Waals surface area contributed by atoms with Gasteiger partial charge in [-0.1, -0.05) is 18.2 Å². The van der Waals surface area contributed by atoms with Crippen LogP contribution in [0.25, 0.3) is 0 Å². The summed E-state index contributed by atoms with van der Waals surface area (Å²) < 4.78 is 29.7. The summed E-state index contributed by atoms with van der Waals surface area (Å²) in [5.74, 6) is 1.45. The molecule has 1 saturated heterocycles. The molecule has 0 spiro atoms. The fourth-order valence-electron chi connectivity index (χ4n) is 3.48. The maximum Gasteiger partial charge on any atom is 0.254 e. The fourth-order valence-corrected chi connectivity index (χ4v) is 5.22. The monoisotopic (exact) mass is 416 g/mol. The molecule has 156 valence electrons. The number of hydrogen-bond donors (Lipinski definition) is 0. The molecule has 1 aliphatic rings. The highest BCUT2D eigenvalue weighted by atomic mass is 32.2. The highest BCUT2D eigenvalue weighted by Gasteiger charge is 2.34. The summed E-state index contributed by atoms with van der Waals surface area (Å²) in [6.45, 7) is 1.38. The third kappa shape index (κ3) is 6.05. The van der Waals surface area contributed by atoms with Gasteiger partial charge in [-0.15, -0.1) is 0 Å². The van der Waals surface area contributed by atoms with Gasteiger partial charge in [-0.05, 0) is 69.9 Å². The van der Waals surface area contributed by atoms with Crippen LogP contribution in [0.4, 0.5) is 0 Å². The molecule has 1 heterocycles. The van der Waals surface area contributed by atoms with Crippen molar-refractivity contribution in [3.63, 3.8) is 0 Å². The molecule has 2 aromatic rings. The number of nitrogens with zero attached hydrogens (tertiary/aromatic N) is 2. The first-order valence-electron chi connectivity index (χ1n) is 9.83. The summed E-state index contributed by atoms with van der Waals surface area (Å²) in [4.78, 5) is 17.0. The highest BCUT2D eigenvalue weighted by Crippen LogP contribution is 2.24. The maximum absolute atomic E-state index is 13.2. The van der Waals surface area contributed by atoms with Crippen molar-refractivity contribution in [2.24, 2.45) is 0 Å². The Labute approximate surface area is 173 Å². The zero-order valence-corrected chi connectivity index (χ0v) is 17.8. The van der Waals surface area contributed by atoms with E-state index in [1.807, 2.05) is 44.4 Å². The minimum Gasteiger partial charge on any atom is -0.457 e. The summed E-state index contributed by atoms with van der Waals surface area (Å²) >= 11 is 0. The zero-order chi connectivity index (χ0) is 20.9. The third-order valence-electron chi connectivity index (χ3n) is 4.99. The van der Waals surface area contributed by atoms with E-state index in [1.165, 1.54) is 0 Å². The Balaban J connectivity index is 1.72. The average molecular weight is 417 g/mol.